The normalized spacial score (nSPS) is 14.2. The van der Waals surface area contributed by atoms with Crippen molar-refractivity contribution in [2.45, 2.75) is 89.2 Å². The molecular formula is C18H38O2S2. The van der Waals surface area contributed by atoms with E-state index in [4.69, 9.17) is 9.84 Å². The third-order valence-electron chi connectivity index (χ3n) is 3.72. The minimum atomic E-state index is 0.306. The van der Waals surface area contributed by atoms with E-state index >= 15 is 0 Å². The fraction of sp³-hybridized carbons (Fsp3) is 1.00. The van der Waals surface area contributed by atoms with Gasteiger partial charge in [-0.2, -0.15) is 11.8 Å². The second-order valence-electron chi connectivity index (χ2n) is 5.89. The number of aliphatic hydroxyl groups excluding tert-OH is 1. The first-order valence-corrected chi connectivity index (χ1v) is 11.3. The van der Waals surface area contributed by atoms with Crippen LogP contribution in [0.2, 0.25) is 0 Å². The van der Waals surface area contributed by atoms with Gasteiger partial charge >= 0.3 is 0 Å². The topological polar surface area (TPSA) is 29.5 Å². The smallest absolute Gasteiger partial charge is 0.103 e. The Morgan fingerprint density at radius 1 is 0.909 bits per heavy atom. The third-order valence-corrected chi connectivity index (χ3v) is 6.41. The van der Waals surface area contributed by atoms with Crippen LogP contribution in [-0.4, -0.2) is 40.5 Å². The van der Waals surface area contributed by atoms with Crippen LogP contribution in [0.4, 0.5) is 0 Å². The highest BCUT2D eigenvalue weighted by molar-refractivity contribution is 8.00. The molecule has 0 heterocycles. The van der Waals surface area contributed by atoms with E-state index in [9.17, 15) is 0 Å². The standard InChI is InChI=1S/C18H38O2S2/c1-4-6-15-22-18(12-8-9-13-19)20-14-10-7-11-16-21-17(3)5-2/h17-19H,4-16H2,1-3H3. The number of aliphatic hydroxyl groups is 1. The number of thioether (sulfide) groups is 2. The SMILES string of the molecule is CCCCSC(CCCCO)OCCCCCSC(C)CC. The third kappa shape index (κ3) is 15.5. The second-order valence-corrected chi connectivity index (χ2v) is 8.71. The van der Waals surface area contributed by atoms with Crippen molar-refractivity contribution < 1.29 is 9.84 Å². The zero-order valence-electron chi connectivity index (χ0n) is 15.0. The fourth-order valence-corrected chi connectivity index (χ4v) is 4.25. The molecule has 0 spiro atoms. The van der Waals surface area contributed by atoms with Crippen molar-refractivity contribution >= 4 is 23.5 Å². The van der Waals surface area contributed by atoms with Crippen molar-refractivity contribution in [1.29, 1.82) is 0 Å². The van der Waals surface area contributed by atoms with E-state index in [-0.39, 0.29) is 0 Å². The van der Waals surface area contributed by atoms with Crippen molar-refractivity contribution in [2.24, 2.45) is 0 Å². The summed E-state index contributed by atoms with van der Waals surface area (Å²) in [5.41, 5.74) is 0.340. The molecule has 0 aliphatic carbocycles. The van der Waals surface area contributed by atoms with E-state index in [1.807, 2.05) is 11.8 Å². The van der Waals surface area contributed by atoms with Gasteiger partial charge in [0.05, 0.1) is 0 Å². The fourth-order valence-electron chi connectivity index (χ4n) is 1.99. The van der Waals surface area contributed by atoms with E-state index < -0.39 is 0 Å². The molecule has 22 heavy (non-hydrogen) atoms. The molecule has 134 valence electrons. The molecule has 0 radical (unpaired) electrons. The van der Waals surface area contributed by atoms with Crippen molar-refractivity contribution in [1.82, 2.24) is 0 Å². The Kier molecular flexibility index (Phi) is 18.5. The number of rotatable bonds is 17. The summed E-state index contributed by atoms with van der Waals surface area (Å²) in [4.78, 5) is 0. The van der Waals surface area contributed by atoms with E-state index in [0.29, 0.717) is 12.0 Å². The van der Waals surface area contributed by atoms with Crippen LogP contribution in [-0.2, 0) is 4.74 Å². The lowest BCUT2D eigenvalue weighted by Gasteiger charge is -2.17. The molecule has 2 nitrogen and oxygen atoms in total. The van der Waals surface area contributed by atoms with Crippen LogP contribution >= 0.6 is 23.5 Å². The molecule has 0 aliphatic heterocycles. The summed E-state index contributed by atoms with van der Waals surface area (Å²) in [6.45, 7) is 8.02. The molecule has 0 bridgehead atoms. The van der Waals surface area contributed by atoms with Gasteiger partial charge in [-0.25, -0.2) is 0 Å². The van der Waals surface area contributed by atoms with Gasteiger partial charge in [-0.15, -0.1) is 11.8 Å². The van der Waals surface area contributed by atoms with Crippen LogP contribution < -0.4 is 0 Å². The number of hydrogen-bond donors (Lipinski definition) is 1. The summed E-state index contributed by atoms with van der Waals surface area (Å²) in [6.07, 6.45) is 10.7. The van der Waals surface area contributed by atoms with Crippen molar-refractivity contribution in [3.8, 4) is 0 Å². The Balaban J connectivity index is 3.59. The predicted molar refractivity (Wildman–Crippen MR) is 104 cm³/mol. The van der Waals surface area contributed by atoms with E-state index in [1.165, 1.54) is 50.0 Å². The van der Waals surface area contributed by atoms with Crippen LogP contribution in [0.3, 0.4) is 0 Å². The predicted octanol–water partition coefficient (Wildman–Crippen LogP) is 5.73. The summed E-state index contributed by atoms with van der Waals surface area (Å²) < 4.78 is 6.06. The molecule has 0 amide bonds. The molecule has 0 aliphatic rings. The molecule has 1 N–H and O–H groups in total. The lowest BCUT2D eigenvalue weighted by atomic mass is 10.2. The number of unbranched alkanes of at least 4 members (excludes halogenated alkanes) is 4. The van der Waals surface area contributed by atoms with Crippen LogP contribution in [0, 0.1) is 0 Å². The van der Waals surface area contributed by atoms with Crippen LogP contribution in [0.1, 0.15) is 78.6 Å². The van der Waals surface area contributed by atoms with Crippen molar-refractivity contribution in [3.63, 3.8) is 0 Å². The average molecular weight is 351 g/mol. The summed E-state index contributed by atoms with van der Waals surface area (Å²) in [5.74, 6) is 2.49. The van der Waals surface area contributed by atoms with Gasteiger partial charge in [-0.3, -0.25) is 0 Å². The summed E-state index contributed by atoms with van der Waals surface area (Å²) >= 11 is 4.06. The number of hydrogen-bond acceptors (Lipinski definition) is 4. The molecule has 0 fully saturated rings. The Morgan fingerprint density at radius 2 is 1.68 bits per heavy atom. The lowest BCUT2D eigenvalue weighted by molar-refractivity contribution is 0.100. The van der Waals surface area contributed by atoms with Crippen LogP contribution in [0.15, 0.2) is 0 Å². The van der Waals surface area contributed by atoms with Crippen molar-refractivity contribution in [3.05, 3.63) is 0 Å². The molecular weight excluding hydrogens is 312 g/mol. The molecule has 0 saturated carbocycles. The zero-order valence-corrected chi connectivity index (χ0v) is 16.7. The molecule has 0 saturated heterocycles. The first-order chi connectivity index (χ1) is 10.7. The Bertz CT molecular complexity index is 205. The first kappa shape index (κ1) is 22.6. The van der Waals surface area contributed by atoms with E-state index in [0.717, 1.165) is 31.1 Å². The van der Waals surface area contributed by atoms with Gasteiger partial charge in [-0.1, -0.05) is 33.6 Å². The molecule has 2 atom stereocenters. The summed E-state index contributed by atoms with van der Waals surface area (Å²) in [7, 11) is 0. The van der Waals surface area contributed by atoms with Gasteiger partial charge in [-0.05, 0) is 56.5 Å². The average Bonchev–Trinajstić information content (AvgIpc) is 2.53. The molecule has 2 unspecified atom stereocenters. The summed E-state index contributed by atoms with van der Waals surface area (Å²) in [5, 5.41) is 9.70. The molecule has 4 heteroatoms. The summed E-state index contributed by atoms with van der Waals surface area (Å²) in [6, 6.07) is 0. The maximum Gasteiger partial charge on any atom is 0.103 e. The molecule has 0 aromatic heterocycles. The highest BCUT2D eigenvalue weighted by atomic mass is 32.2. The maximum absolute atomic E-state index is 8.90. The van der Waals surface area contributed by atoms with E-state index in [1.54, 1.807) is 0 Å². The van der Waals surface area contributed by atoms with Gasteiger partial charge in [0.25, 0.3) is 0 Å². The van der Waals surface area contributed by atoms with Gasteiger partial charge in [0.2, 0.25) is 0 Å². The van der Waals surface area contributed by atoms with Gasteiger partial charge in [0.1, 0.15) is 5.44 Å². The Hall–Kier alpha value is 0.620. The molecule has 0 aromatic carbocycles. The zero-order chi connectivity index (χ0) is 16.5. The first-order valence-electron chi connectivity index (χ1n) is 9.20. The van der Waals surface area contributed by atoms with Crippen LogP contribution in [0.25, 0.3) is 0 Å². The van der Waals surface area contributed by atoms with Gasteiger partial charge in [0, 0.05) is 18.5 Å². The Morgan fingerprint density at radius 3 is 2.36 bits per heavy atom. The van der Waals surface area contributed by atoms with Gasteiger partial charge in [0.15, 0.2) is 0 Å². The highest BCUT2D eigenvalue weighted by Crippen LogP contribution is 2.21. The van der Waals surface area contributed by atoms with Crippen molar-refractivity contribution in [2.75, 3.05) is 24.7 Å². The monoisotopic (exact) mass is 350 g/mol. The number of ether oxygens (including phenoxy) is 1. The minimum Gasteiger partial charge on any atom is -0.396 e. The minimum absolute atomic E-state index is 0.306. The molecule has 0 rings (SSSR count). The molecule has 0 aromatic rings. The lowest BCUT2D eigenvalue weighted by Crippen LogP contribution is -2.11. The van der Waals surface area contributed by atoms with Crippen LogP contribution in [0.5, 0.6) is 0 Å². The highest BCUT2D eigenvalue weighted by Gasteiger charge is 2.09. The van der Waals surface area contributed by atoms with Gasteiger partial charge < -0.3 is 9.84 Å². The maximum atomic E-state index is 8.90. The Labute approximate surface area is 147 Å². The quantitative estimate of drug-likeness (QED) is 0.268. The van der Waals surface area contributed by atoms with E-state index in [2.05, 4.69) is 32.5 Å². The largest absolute Gasteiger partial charge is 0.396 e. The second kappa shape index (κ2) is 18.0.